The van der Waals surface area contributed by atoms with Gasteiger partial charge < -0.3 is 14.6 Å². The lowest BCUT2D eigenvalue weighted by atomic mass is 9.75. The molecular weight excluding hydrogens is 264 g/mol. The topological polar surface area (TPSA) is 89.9 Å². The Labute approximate surface area is 119 Å². The molecular formula is C14H24O6. The molecule has 0 bridgehead atoms. The quantitative estimate of drug-likeness (QED) is 0.460. The molecule has 116 valence electrons. The number of Topliss-reactive ketones (excluding diaryl/α,β-unsaturated/α-hetero) is 1. The van der Waals surface area contributed by atoms with Crippen LogP contribution >= 0.6 is 0 Å². The van der Waals surface area contributed by atoms with Gasteiger partial charge in [-0.3, -0.25) is 14.4 Å². The zero-order valence-electron chi connectivity index (χ0n) is 12.4. The highest BCUT2D eigenvalue weighted by Crippen LogP contribution is 2.33. The monoisotopic (exact) mass is 288 g/mol. The molecule has 1 unspecified atom stereocenters. The normalized spacial score (nSPS) is 13.6. The summed E-state index contributed by atoms with van der Waals surface area (Å²) in [5.74, 6) is -2.09. The van der Waals surface area contributed by atoms with Gasteiger partial charge in [-0.25, -0.2) is 0 Å². The standard InChI is InChI=1S/C14H24O6/c1-4-6-8-14(9-7-12(16)17,11(15)10-19-3)13(18)20-5-2/h4-10H2,1-3H3,(H,16,17). The maximum absolute atomic E-state index is 12.3. The van der Waals surface area contributed by atoms with E-state index in [-0.39, 0.29) is 32.5 Å². The molecule has 6 nitrogen and oxygen atoms in total. The van der Waals surface area contributed by atoms with E-state index in [0.29, 0.717) is 6.42 Å². The third kappa shape index (κ3) is 5.28. The van der Waals surface area contributed by atoms with Crippen molar-refractivity contribution < 1.29 is 29.0 Å². The number of ketones is 1. The first-order chi connectivity index (χ1) is 9.44. The van der Waals surface area contributed by atoms with E-state index in [1.54, 1.807) is 6.92 Å². The summed E-state index contributed by atoms with van der Waals surface area (Å²) in [6, 6.07) is 0. The summed E-state index contributed by atoms with van der Waals surface area (Å²) in [4.78, 5) is 35.3. The number of unbranched alkanes of at least 4 members (excludes halogenated alkanes) is 1. The molecule has 0 aliphatic heterocycles. The number of carboxylic acids is 1. The molecule has 1 atom stereocenters. The first-order valence-electron chi connectivity index (χ1n) is 6.85. The predicted molar refractivity (Wildman–Crippen MR) is 72.3 cm³/mol. The Hall–Kier alpha value is -1.43. The molecule has 0 saturated carbocycles. The van der Waals surface area contributed by atoms with E-state index in [0.717, 1.165) is 6.42 Å². The Balaban J connectivity index is 5.30. The number of aliphatic carboxylic acids is 1. The van der Waals surface area contributed by atoms with Gasteiger partial charge in [-0.2, -0.15) is 0 Å². The maximum atomic E-state index is 12.3. The molecule has 0 amide bonds. The molecule has 0 aliphatic rings. The molecule has 0 fully saturated rings. The van der Waals surface area contributed by atoms with E-state index in [4.69, 9.17) is 14.6 Å². The Morgan fingerprint density at radius 2 is 1.80 bits per heavy atom. The summed E-state index contributed by atoms with van der Waals surface area (Å²) in [5.41, 5.74) is -1.40. The molecule has 0 aromatic carbocycles. The minimum atomic E-state index is -1.40. The summed E-state index contributed by atoms with van der Waals surface area (Å²) >= 11 is 0. The van der Waals surface area contributed by atoms with Crippen molar-refractivity contribution in [2.45, 2.75) is 46.0 Å². The largest absolute Gasteiger partial charge is 0.481 e. The second-order valence-electron chi connectivity index (χ2n) is 4.66. The number of methoxy groups -OCH3 is 1. The van der Waals surface area contributed by atoms with Crippen molar-refractivity contribution in [1.29, 1.82) is 0 Å². The van der Waals surface area contributed by atoms with Crippen LogP contribution in [0.25, 0.3) is 0 Å². The lowest BCUT2D eigenvalue weighted by Gasteiger charge is -2.29. The van der Waals surface area contributed by atoms with E-state index in [1.807, 2.05) is 6.92 Å². The smallest absolute Gasteiger partial charge is 0.319 e. The molecule has 0 rings (SSSR count). The third-order valence-electron chi connectivity index (χ3n) is 3.20. The van der Waals surface area contributed by atoms with Crippen LogP contribution in [-0.4, -0.2) is 43.2 Å². The highest BCUT2D eigenvalue weighted by atomic mass is 16.5. The van der Waals surface area contributed by atoms with Crippen LogP contribution in [0.5, 0.6) is 0 Å². The summed E-state index contributed by atoms with van der Waals surface area (Å²) in [7, 11) is 1.37. The number of rotatable bonds is 11. The van der Waals surface area contributed by atoms with Crippen LogP contribution in [0.1, 0.15) is 46.0 Å². The zero-order valence-corrected chi connectivity index (χ0v) is 12.4. The van der Waals surface area contributed by atoms with Gasteiger partial charge in [-0.05, 0) is 19.8 Å². The van der Waals surface area contributed by atoms with Gasteiger partial charge in [0.25, 0.3) is 0 Å². The van der Waals surface area contributed by atoms with Crippen molar-refractivity contribution in [3.63, 3.8) is 0 Å². The second kappa shape index (κ2) is 9.47. The molecule has 0 aliphatic carbocycles. The minimum absolute atomic E-state index is 0.0522. The van der Waals surface area contributed by atoms with Crippen LogP contribution in [0.2, 0.25) is 0 Å². The van der Waals surface area contributed by atoms with E-state index in [1.165, 1.54) is 7.11 Å². The molecule has 6 heteroatoms. The first-order valence-corrected chi connectivity index (χ1v) is 6.85. The molecule has 0 aromatic rings. The molecule has 20 heavy (non-hydrogen) atoms. The van der Waals surface area contributed by atoms with Crippen molar-refractivity contribution in [3.05, 3.63) is 0 Å². The van der Waals surface area contributed by atoms with Gasteiger partial charge >= 0.3 is 11.9 Å². The summed E-state index contributed by atoms with van der Waals surface area (Å²) in [6.07, 6.45) is 1.43. The van der Waals surface area contributed by atoms with Crippen molar-refractivity contribution in [2.75, 3.05) is 20.3 Å². The van der Waals surface area contributed by atoms with Crippen LogP contribution in [0, 0.1) is 5.41 Å². The molecule has 0 saturated heterocycles. The zero-order chi connectivity index (χ0) is 15.6. The molecule has 1 N–H and O–H groups in total. The molecule has 0 heterocycles. The summed E-state index contributed by atoms with van der Waals surface area (Å²) in [5, 5.41) is 8.83. The Morgan fingerprint density at radius 3 is 2.25 bits per heavy atom. The molecule has 0 spiro atoms. The van der Waals surface area contributed by atoms with E-state index in [9.17, 15) is 14.4 Å². The number of carbonyl (C=O) groups is 3. The molecule has 0 radical (unpaired) electrons. The lowest BCUT2D eigenvalue weighted by Crippen LogP contribution is -2.43. The lowest BCUT2D eigenvalue weighted by molar-refractivity contribution is -0.163. The summed E-state index contributed by atoms with van der Waals surface area (Å²) in [6.45, 7) is 3.52. The van der Waals surface area contributed by atoms with Gasteiger partial charge in [0, 0.05) is 13.5 Å². The fourth-order valence-corrected chi connectivity index (χ4v) is 2.06. The van der Waals surface area contributed by atoms with Crippen molar-refractivity contribution in [1.82, 2.24) is 0 Å². The van der Waals surface area contributed by atoms with Crippen molar-refractivity contribution >= 4 is 17.7 Å². The summed E-state index contributed by atoms with van der Waals surface area (Å²) < 4.78 is 9.82. The SMILES string of the molecule is CCCCC(CCC(=O)O)(C(=O)COC)C(=O)OCC. The average molecular weight is 288 g/mol. The first kappa shape index (κ1) is 18.6. The average Bonchev–Trinajstić information content (AvgIpc) is 2.39. The van der Waals surface area contributed by atoms with Crippen LogP contribution in [0.4, 0.5) is 0 Å². The second-order valence-corrected chi connectivity index (χ2v) is 4.66. The number of esters is 1. The van der Waals surface area contributed by atoms with Crippen molar-refractivity contribution in [3.8, 4) is 0 Å². The third-order valence-corrected chi connectivity index (χ3v) is 3.20. The molecule has 0 aromatic heterocycles. The number of hydrogen-bond donors (Lipinski definition) is 1. The van der Waals surface area contributed by atoms with Gasteiger partial charge in [0.05, 0.1) is 6.61 Å². The minimum Gasteiger partial charge on any atom is -0.481 e. The van der Waals surface area contributed by atoms with Gasteiger partial charge in [0.15, 0.2) is 5.78 Å². The van der Waals surface area contributed by atoms with Crippen LogP contribution in [0.15, 0.2) is 0 Å². The Kier molecular flexibility index (Phi) is 8.79. The Morgan fingerprint density at radius 1 is 1.15 bits per heavy atom. The number of hydrogen-bond acceptors (Lipinski definition) is 5. The highest BCUT2D eigenvalue weighted by Gasteiger charge is 2.46. The number of carboxylic acid groups (broad SMARTS) is 1. The number of ether oxygens (including phenoxy) is 2. The number of carbonyl (C=O) groups excluding carboxylic acids is 2. The van der Waals surface area contributed by atoms with Gasteiger partial charge in [0.2, 0.25) is 0 Å². The van der Waals surface area contributed by atoms with Gasteiger partial charge in [-0.15, -0.1) is 0 Å². The van der Waals surface area contributed by atoms with E-state index >= 15 is 0 Å². The Bertz CT molecular complexity index is 319. The highest BCUT2D eigenvalue weighted by molar-refractivity contribution is 6.04. The predicted octanol–water partition coefficient (Wildman–Crippen LogP) is 1.81. The van der Waals surface area contributed by atoms with E-state index in [2.05, 4.69) is 0 Å². The van der Waals surface area contributed by atoms with Crippen LogP contribution < -0.4 is 0 Å². The van der Waals surface area contributed by atoms with E-state index < -0.39 is 23.1 Å². The van der Waals surface area contributed by atoms with Crippen LogP contribution in [0.3, 0.4) is 0 Å². The van der Waals surface area contributed by atoms with Gasteiger partial charge in [-0.1, -0.05) is 19.8 Å². The fraction of sp³-hybridized carbons (Fsp3) is 0.786. The van der Waals surface area contributed by atoms with Gasteiger partial charge in [0.1, 0.15) is 12.0 Å². The van der Waals surface area contributed by atoms with Crippen LogP contribution in [-0.2, 0) is 23.9 Å². The fourth-order valence-electron chi connectivity index (χ4n) is 2.06. The van der Waals surface area contributed by atoms with Crippen molar-refractivity contribution in [2.24, 2.45) is 5.41 Å². The maximum Gasteiger partial charge on any atom is 0.319 e.